The van der Waals surface area contributed by atoms with E-state index in [1.165, 1.54) is 12.1 Å². The largest absolute Gasteiger partial charge is 0.480 e. The van der Waals surface area contributed by atoms with Crippen molar-refractivity contribution in [2.45, 2.75) is 31.6 Å². The molecule has 0 bridgehead atoms. The summed E-state index contributed by atoms with van der Waals surface area (Å²) in [5.74, 6) is -0.937. The first-order valence-corrected chi connectivity index (χ1v) is 6.49. The van der Waals surface area contributed by atoms with Crippen molar-refractivity contribution in [3.8, 4) is 0 Å². The molecule has 0 saturated carbocycles. The lowest BCUT2D eigenvalue weighted by atomic mass is 10.1. The summed E-state index contributed by atoms with van der Waals surface area (Å²) < 4.78 is 38.3. The molecule has 1 N–H and O–H groups in total. The van der Waals surface area contributed by atoms with Crippen LogP contribution in [-0.2, 0) is 17.5 Å². The first kappa shape index (κ1) is 15.1. The molecule has 1 heterocycles. The third-order valence-corrected chi connectivity index (χ3v) is 3.70. The molecular formula is C13H13ClF3NO2. The van der Waals surface area contributed by atoms with Gasteiger partial charge in [-0.1, -0.05) is 17.7 Å². The van der Waals surface area contributed by atoms with E-state index in [0.29, 0.717) is 18.5 Å². The van der Waals surface area contributed by atoms with E-state index in [1.54, 1.807) is 4.90 Å². The summed E-state index contributed by atoms with van der Waals surface area (Å²) in [4.78, 5) is 12.7. The number of carboxylic acid groups (broad SMARTS) is 1. The minimum atomic E-state index is -4.51. The average molecular weight is 308 g/mol. The fourth-order valence-electron chi connectivity index (χ4n) is 2.42. The second kappa shape index (κ2) is 5.61. The molecule has 1 fully saturated rings. The number of benzene rings is 1. The summed E-state index contributed by atoms with van der Waals surface area (Å²) in [5, 5.41) is 8.70. The van der Waals surface area contributed by atoms with Crippen molar-refractivity contribution >= 4 is 17.6 Å². The molecule has 1 saturated heterocycles. The Kier molecular flexibility index (Phi) is 4.25. The quantitative estimate of drug-likeness (QED) is 0.930. The highest BCUT2D eigenvalue weighted by Gasteiger charge is 2.34. The Labute approximate surface area is 118 Å². The minimum absolute atomic E-state index is 0.178. The molecule has 3 nitrogen and oxygen atoms in total. The summed E-state index contributed by atoms with van der Waals surface area (Å²) in [7, 11) is 0. The fraction of sp³-hybridized carbons (Fsp3) is 0.462. The lowest BCUT2D eigenvalue weighted by Crippen LogP contribution is -2.35. The summed E-state index contributed by atoms with van der Waals surface area (Å²) in [6.07, 6.45) is -3.25. The normalized spacial score (nSPS) is 20.3. The van der Waals surface area contributed by atoms with Gasteiger partial charge in [-0.05, 0) is 37.1 Å². The van der Waals surface area contributed by atoms with E-state index >= 15 is 0 Å². The Hall–Kier alpha value is -1.27. The molecule has 20 heavy (non-hydrogen) atoms. The Bertz CT molecular complexity index is 519. The number of carbonyl (C=O) groups is 1. The standard InChI is InChI=1S/C13H13ClF3NO2/c14-10-4-3-8(6-9(10)13(15,16)17)7-18-5-1-2-11(18)12(19)20/h3-4,6,11H,1-2,5,7H2,(H,19,20). The predicted molar refractivity (Wildman–Crippen MR) is 67.5 cm³/mol. The zero-order valence-corrected chi connectivity index (χ0v) is 11.2. The van der Waals surface area contributed by atoms with Gasteiger partial charge in [0.2, 0.25) is 0 Å². The topological polar surface area (TPSA) is 40.5 Å². The number of nitrogens with zero attached hydrogens (tertiary/aromatic N) is 1. The molecule has 0 amide bonds. The van der Waals surface area contributed by atoms with Gasteiger partial charge in [0.25, 0.3) is 0 Å². The second-order valence-corrected chi connectivity index (χ2v) is 5.19. The zero-order valence-electron chi connectivity index (χ0n) is 10.5. The lowest BCUT2D eigenvalue weighted by Gasteiger charge is -2.21. The maximum Gasteiger partial charge on any atom is 0.417 e. The molecule has 1 unspecified atom stereocenters. The van der Waals surface area contributed by atoms with E-state index in [0.717, 1.165) is 12.5 Å². The van der Waals surface area contributed by atoms with Gasteiger partial charge in [0.05, 0.1) is 10.6 Å². The number of carboxylic acids is 1. The molecule has 0 radical (unpaired) electrons. The summed E-state index contributed by atoms with van der Waals surface area (Å²) in [6, 6.07) is 3.06. The van der Waals surface area contributed by atoms with Crippen LogP contribution in [0.25, 0.3) is 0 Å². The SMILES string of the molecule is O=C(O)C1CCCN1Cc1ccc(Cl)c(C(F)(F)F)c1. The maximum atomic E-state index is 12.8. The Morgan fingerprint density at radius 2 is 2.15 bits per heavy atom. The van der Waals surface area contributed by atoms with Crippen molar-refractivity contribution in [3.63, 3.8) is 0 Å². The molecule has 1 aromatic rings. The van der Waals surface area contributed by atoms with Crippen LogP contribution in [0, 0.1) is 0 Å². The van der Waals surface area contributed by atoms with Crippen molar-refractivity contribution in [1.82, 2.24) is 4.90 Å². The number of rotatable bonds is 3. The van der Waals surface area contributed by atoms with E-state index in [4.69, 9.17) is 16.7 Å². The van der Waals surface area contributed by atoms with Crippen molar-refractivity contribution in [1.29, 1.82) is 0 Å². The first-order chi connectivity index (χ1) is 9.29. The van der Waals surface area contributed by atoms with Crippen LogP contribution in [0.4, 0.5) is 13.2 Å². The van der Waals surface area contributed by atoms with E-state index in [2.05, 4.69) is 0 Å². The minimum Gasteiger partial charge on any atom is -0.480 e. The summed E-state index contributed by atoms with van der Waals surface area (Å²) in [5.41, 5.74) is -0.474. The van der Waals surface area contributed by atoms with Crippen LogP contribution in [0.15, 0.2) is 18.2 Å². The highest BCUT2D eigenvalue weighted by Crippen LogP contribution is 2.35. The Morgan fingerprint density at radius 1 is 1.45 bits per heavy atom. The van der Waals surface area contributed by atoms with Gasteiger partial charge in [0.1, 0.15) is 6.04 Å². The van der Waals surface area contributed by atoms with Crippen LogP contribution in [-0.4, -0.2) is 28.6 Å². The molecule has 1 aliphatic heterocycles. The smallest absolute Gasteiger partial charge is 0.417 e. The molecule has 110 valence electrons. The van der Waals surface area contributed by atoms with Gasteiger partial charge in [0.15, 0.2) is 0 Å². The number of hydrogen-bond donors (Lipinski definition) is 1. The average Bonchev–Trinajstić information content (AvgIpc) is 2.78. The van der Waals surface area contributed by atoms with E-state index in [-0.39, 0.29) is 11.6 Å². The van der Waals surface area contributed by atoms with Gasteiger partial charge in [-0.3, -0.25) is 9.69 Å². The van der Waals surface area contributed by atoms with E-state index in [1.807, 2.05) is 0 Å². The molecule has 7 heteroatoms. The number of alkyl halides is 3. The van der Waals surface area contributed by atoms with Crippen molar-refractivity contribution in [2.75, 3.05) is 6.54 Å². The molecule has 2 rings (SSSR count). The molecule has 1 aromatic carbocycles. The van der Waals surface area contributed by atoms with E-state index < -0.39 is 23.8 Å². The van der Waals surface area contributed by atoms with Gasteiger partial charge in [-0.2, -0.15) is 13.2 Å². The number of likely N-dealkylation sites (tertiary alicyclic amines) is 1. The van der Waals surface area contributed by atoms with Crippen LogP contribution in [0.2, 0.25) is 5.02 Å². The van der Waals surface area contributed by atoms with Crippen molar-refractivity contribution in [3.05, 3.63) is 34.3 Å². The summed E-state index contributed by atoms with van der Waals surface area (Å²) in [6.45, 7) is 0.748. The molecule has 0 aromatic heterocycles. The Morgan fingerprint density at radius 3 is 2.75 bits per heavy atom. The predicted octanol–water partition coefficient (Wildman–Crippen LogP) is 3.41. The van der Waals surface area contributed by atoms with Gasteiger partial charge >= 0.3 is 12.1 Å². The van der Waals surface area contributed by atoms with Gasteiger partial charge < -0.3 is 5.11 Å². The maximum absolute atomic E-state index is 12.8. The molecule has 1 aliphatic rings. The van der Waals surface area contributed by atoms with Crippen LogP contribution in [0.3, 0.4) is 0 Å². The molecule has 0 spiro atoms. The van der Waals surface area contributed by atoms with Crippen LogP contribution >= 0.6 is 11.6 Å². The van der Waals surface area contributed by atoms with Gasteiger partial charge in [0, 0.05) is 6.54 Å². The van der Waals surface area contributed by atoms with Crippen LogP contribution in [0.5, 0.6) is 0 Å². The molecule has 1 atom stereocenters. The Balaban J connectivity index is 2.20. The second-order valence-electron chi connectivity index (χ2n) is 4.78. The van der Waals surface area contributed by atoms with Crippen LogP contribution < -0.4 is 0 Å². The van der Waals surface area contributed by atoms with E-state index in [9.17, 15) is 18.0 Å². The first-order valence-electron chi connectivity index (χ1n) is 6.11. The van der Waals surface area contributed by atoms with Crippen molar-refractivity contribution in [2.24, 2.45) is 0 Å². The monoisotopic (exact) mass is 307 g/mol. The number of halogens is 4. The number of aliphatic carboxylic acids is 1. The zero-order chi connectivity index (χ0) is 14.9. The van der Waals surface area contributed by atoms with Gasteiger partial charge in [-0.15, -0.1) is 0 Å². The van der Waals surface area contributed by atoms with Crippen LogP contribution in [0.1, 0.15) is 24.0 Å². The third kappa shape index (κ3) is 3.24. The lowest BCUT2D eigenvalue weighted by molar-refractivity contribution is -0.142. The van der Waals surface area contributed by atoms with Gasteiger partial charge in [-0.25, -0.2) is 0 Å². The molecule has 0 aliphatic carbocycles. The summed E-state index contributed by atoms with van der Waals surface area (Å²) >= 11 is 5.55. The third-order valence-electron chi connectivity index (χ3n) is 3.37. The highest BCUT2D eigenvalue weighted by molar-refractivity contribution is 6.31. The highest BCUT2D eigenvalue weighted by atomic mass is 35.5. The number of hydrogen-bond acceptors (Lipinski definition) is 2. The van der Waals surface area contributed by atoms with Crippen molar-refractivity contribution < 1.29 is 23.1 Å². The molecular weight excluding hydrogens is 295 g/mol. The fourth-order valence-corrected chi connectivity index (χ4v) is 2.64.